The summed E-state index contributed by atoms with van der Waals surface area (Å²) < 4.78 is 10.9. The lowest BCUT2D eigenvalue weighted by Crippen LogP contribution is -2.26. The Balaban J connectivity index is 1.85. The van der Waals surface area contributed by atoms with E-state index in [2.05, 4.69) is 30.9 Å². The van der Waals surface area contributed by atoms with E-state index >= 15 is 0 Å². The van der Waals surface area contributed by atoms with Gasteiger partial charge < -0.3 is 9.47 Å². The van der Waals surface area contributed by atoms with Gasteiger partial charge in [0.15, 0.2) is 6.10 Å². The van der Waals surface area contributed by atoms with Crippen molar-refractivity contribution in [3.63, 3.8) is 0 Å². The van der Waals surface area contributed by atoms with Crippen LogP contribution in [0.5, 0.6) is 5.75 Å². The van der Waals surface area contributed by atoms with Crippen molar-refractivity contribution in [2.45, 2.75) is 40.0 Å². The third kappa shape index (κ3) is 6.73. The van der Waals surface area contributed by atoms with E-state index < -0.39 is 12.1 Å². The van der Waals surface area contributed by atoms with Gasteiger partial charge in [0, 0.05) is 11.6 Å². The first kappa shape index (κ1) is 21.5. The lowest BCUT2D eigenvalue weighted by atomic mass is 10.1. The second-order valence-electron chi connectivity index (χ2n) is 6.22. The van der Waals surface area contributed by atoms with Crippen LogP contribution in [0.25, 0.3) is 0 Å². The van der Waals surface area contributed by atoms with E-state index in [4.69, 9.17) is 32.7 Å². The number of hydrogen-bond donors (Lipinski definition) is 0. The molecule has 0 aromatic heterocycles. The number of carbonyl (C=O) groups excluding carboxylic acids is 1. The molecule has 0 spiro atoms. The third-order valence-electron chi connectivity index (χ3n) is 4.23. The zero-order chi connectivity index (χ0) is 19.8. The Morgan fingerprint density at radius 1 is 1.04 bits per heavy atom. The second-order valence-corrected chi connectivity index (χ2v) is 7.06. The fraction of sp³-hybridized carbons (Fsp3) is 0.381. The lowest BCUT2D eigenvalue weighted by molar-refractivity contribution is -0.152. The largest absolute Gasteiger partial charge is 0.477 e. The van der Waals surface area contributed by atoms with Gasteiger partial charge in [0.1, 0.15) is 12.4 Å². The van der Waals surface area contributed by atoms with Crippen LogP contribution >= 0.6 is 23.2 Å². The van der Waals surface area contributed by atoms with Crippen LogP contribution < -0.4 is 4.74 Å². The molecule has 0 bridgehead atoms. The topological polar surface area (TPSA) is 38.8 Å². The van der Waals surface area contributed by atoms with Crippen LogP contribution in [-0.2, 0) is 22.7 Å². The number of carbonyl (C=O) groups is 1. The van der Waals surface area contributed by atoms with Crippen molar-refractivity contribution in [1.29, 1.82) is 0 Å². The van der Waals surface area contributed by atoms with Crippen molar-refractivity contribution < 1.29 is 14.3 Å². The highest BCUT2D eigenvalue weighted by Crippen LogP contribution is 2.28. The zero-order valence-electron chi connectivity index (χ0n) is 15.9. The molecule has 2 rings (SSSR count). The molecule has 0 saturated carbocycles. The number of hydrogen-bond acceptors (Lipinski definition) is 4. The summed E-state index contributed by atoms with van der Waals surface area (Å²) in [6.07, 6.45) is -0.773. The molecule has 6 heteroatoms. The Labute approximate surface area is 171 Å². The van der Waals surface area contributed by atoms with Crippen molar-refractivity contribution in [3.8, 4) is 5.75 Å². The number of nitrogens with zero attached hydrogens (tertiary/aromatic N) is 1. The summed E-state index contributed by atoms with van der Waals surface area (Å²) >= 11 is 11.9. The van der Waals surface area contributed by atoms with Crippen LogP contribution in [0.3, 0.4) is 0 Å². The molecule has 4 nitrogen and oxygen atoms in total. The number of esters is 1. The summed E-state index contributed by atoms with van der Waals surface area (Å²) in [5.74, 6) is -0.0560. The van der Waals surface area contributed by atoms with Crippen LogP contribution in [0, 0.1) is 0 Å². The normalized spacial score (nSPS) is 12.1. The van der Waals surface area contributed by atoms with E-state index in [1.54, 1.807) is 25.1 Å². The second kappa shape index (κ2) is 10.5. The predicted molar refractivity (Wildman–Crippen MR) is 109 cm³/mol. The standard InChI is InChI=1S/C21H25Cl2NO3/c1-4-24(5-2)13-16-6-8-17(9-7-16)14-26-21(25)15(3)27-20-11-10-18(22)12-19(20)23/h6-12,15H,4-5,13-14H2,1-3H3. The average molecular weight is 410 g/mol. The van der Waals surface area contributed by atoms with Gasteiger partial charge in [0.2, 0.25) is 0 Å². The van der Waals surface area contributed by atoms with Gasteiger partial charge in [-0.3, -0.25) is 4.90 Å². The van der Waals surface area contributed by atoms with E-state index in [0.29, 0.717) is 15.8 Å². The number of rotatable bonds is 9. The Morgan fingerprint density at radius 3 is 2.26 bits per heavy atom. The Kier molecular flexibility index (Phi) is 8.42. The molecule has 146 valence electrons. The molecule has 1 unspecified atom stereocenters. The minimum absolute atomic E-state index is 0.201. The molecule has 2 aromatic rings. The van der Waals surface area contributed by atoms with E-state index in [1.807, 2.05) is 12.1 Å². The van der Waals surface area contributed by atoms with Gasteiger partial charge in [-0.05, 0) is 49.3 Å². The molecule has 0 N–H and O–H groups in total. The molecule has 0 amide bonds. The quantitative estimate of drug-likeness (QED) is 0.523. The van der Waals surface area contributed by atoms with Gasteiger partial charge in [-0.15, -0.1) is 0 Å². The summed E-state index contributed by atoms with van der Waals surface area (Å²) in [6, 6.07) is 12.9. The van der Waals surface area contributed by atoms with Crippen LogP contribution in [0.4, 0.5) is 0 Å². The van der Waals surface area contributed by atoms with E-state index in [1.165, 1.54) is 5.56 Å². The molecular weight excluding hydrogens is 385 g/mol. The first-order valence-electron chi connectivity index (χ1n) is 9.01. The SMILES string of the molecule is CCN(CC)Cc1ccc(COC(=O)C(C)Oc2ccc(Cl)cc2Cl)cc1. The number of benzene rings is 2. The van der Waals surface area contributed by atoms with Crippen LogP contribution in [0.15, 0.2) is 42.5 Å². The summed E-state index contributed by atoms with van der Waals surface area (Å²) in [5, 5.41) is 0.859. The van der Waals surface area contributed by atoms with Crippen LogP contribution in [0.1, 0.15) is 31.9 Å². The van der Waals surface area contributed by atoms with E-state index in [-0.39, 0.29) is 6.61 Å². The zero-order valence-corrected chi connectivity index (χ0v) is 17.4. The Bertz CT molecular complexity index is 746. The average Bonchev–Trinajstić information content (AvgIpc) is 2.67. The maximum absolute atomic E-state index is 12.2. The van der Waals surface area contributed by atoms with Gasteiger partial charge in [0.05, 0.1) is 5.02 Å². The fourth-order valence-corrected chi connectivity index (χ4v) is 2.98. The molecule has 0 fully saturated rings. The third-order valence-corrected chi connectivity index (χ3v) is 4.76. The minimum atomic E-state index is -0.773. The fourth-order valence-electron chi connectivity index (χ4n) is 2.53. The molecule has 0 heterocycles. The summed E-state index contributed by atoms with van der Waals surface area (Å²) in [7, 11) is 0. The van der Waals surface area contributed by atoms with Gasteiger partial charge in [-0.2, -0.15) is 0 Å². The van der Waals surface area contributed by atoms with Crippen molar-refractivity contribution in [2.75, 3.05) is 13.1 Å². The molecule has 0 radical (unpaired) electrons. The first-order chi connectivity index (χ1) is 12.9. The highest BCUT2D eigenvalue weighted by Gasteiger charge is 2.18. The Hall–Kier alpha value is -1.75. The lowest BCUT2D eigenvalue weighted by Gasteiger charge is -2.18. The molecule has 0 aliphatic heterocycles. The molecule has 0 saturated heterocycles. The Morgan fingerprint density at radius 2 is 1.67 bits per heavy atom. The first-order valence-corrected chi connectivity index (χ1v) is 9.77. The van der Waals surface area contributed by atoms with E-state index in [9.17, 15) is 4.79 Å². The molecule has 0 aliphatic carbocycles. The van der Waals surface area contributed by atoms with Gasteiger partial charge in [-0.25, -0.2) is 4.79 Å². The molecule has 2 aromatic carbocycles. The molecular formula is C21H25Cl2NO3. The maximum Gasteiger partial charge on any atom is 0.347 e. The van der Waals surface area contributed by atoms with E-state index in [0.717, 1.165) is 25.2 Å². The summed E-state index contributed by atoms with van der Waals surface area (Å²) in [4.78, 5) is 14.5. The molecule has 27 heavy (non-hydrogen) atoms. The van der Waals surface area contributed by atoms with Crippen molar-refractivity contribution in [1.82, 2.24) is 4.90 Å². The maximum atomic E-state index is 12.2. The predicted octanol–water partition coefficient (Wildman–Crippen LogP) is 5.35. The van der Waals surface area contributed by atoms with Gasteiger partial charge in [-0.1, -0.05) is 61.3 Å². The monoisotopic (exact) mass is 409 g/mol. The van der Waals surface area contributed by atoms with Crippen LogP contribution in [0.2, 0.25) is 10.0 Å². The van der Waals surface area contributed by atoms with Crippen molar-refractivity contribution in [2.24, 2.45) is 0 Å². The van der Waals surface area contributed by atoms with Gasteiger partial charge >= 0.3 is 5.97 Å². The van der Waals surface area contributed by atoms with Crippen molar-refractivity contribution >= 4 is 29.2 Å². The smallest absolute Gasteiger partial charge is 0.347 e. The number of ether oxygens (including phenoxy) is 2. The highest BCUT2D eigenvalue weighted by atomic mass is 35.5. The van der Waals surface area contributed by atoms with Crippen molar-refractivity contribution in [3.05, 3.63) is 63.6 Å². The summed E-state index contributed by atoms with van der Waals surface area (Å²) in [5.41, 5.74) is 2.17. The van der Waals surface area contributed by atoms with Gasteiger partial charge in [0.25, 0.3) is 0 Å². The van der Waals surface area contributed by atoms with Crippen LogP contribution in [-0.4, -0.2) is 30.1 Å². The highest BCUT2D eigenvalue weighted by molar-refractivity contribution is 6.35. The minimum Gasteiger partial charge on any atom is -0.477 e. The molecule has 1 atom stereocenters. The summed E-state index contributed by atoms with van der Waals surface area (Å²) in [6.45, 7) is 9.08. The molecule has 0 aliphatic rings. The number of halogens is 2.